The lowest BCUT2D eigenvalue weighted by Gasteiger charge is -2.16. The van der Waals surface area contributed by atoms with Gasteiger partial charge in [-0.3, -0.25) is 0 Å². The molecule has 18 rings (SSSR count). The lowest BCUT2D eigenvalue weighted by molar-refractivity contribution is 0.0516. The number of hydrogen-bond donors (Lipinski definition) is 8. The number of hydrogen-bond acceptors (Lipinski definition) is 16. The van der Waals surface area contributed by atoms with Crippen molar-refractivity contribution >= 4 is 173 Å². The van der Waals surface area contributed by atoms with Crippen molar-refractivity contribution in [2.45, 2.75) is 103 Å². The van der Waals surface area contributed by atoms with Gasteiger partial charge in [0.2, 0.25) is 0 Å². The van der Waals surface area contributed by atoms with E-state index in [2.05, 4.69) is 98.5 Å². The summed E-state index contributed by atoms with van der Waals surface area (Å²) >= 11 is 0. The number of benzene rings is 8. The van der Waals surface area contributed by atoms with Crippen LogP contribution < -0.4 is 0 Å². The molecule has 4 aliphatic rings. The number of carboxylic acid groups (broad SMARTS) is 4. The Labute approximate surface area is 835 Å². The molecule has 0 saturated heterocycles. The maximum Gasteiger partial charge on any atom is 0.338 e. The molecule has 0 unspecified atom stereocenters. The van der Waals surface area contributed by atoms with Gasteiger partial charge in [0.15, 0.2) is 0 Å². The Morgan fingerprint density at radius 3 is 0.479 bits per heavy atom. The molecule has 6 aromatic heterocycles. The Morgan fingerprint density at radius 2 is 0.340 bits per heavy atom. The highest BCUT2D eigenvalue weighted by atomic mass is 28.3. The van der Waals surface area contributed by atoms with Crippen molar-refractivity contribution in [1.82, 2.24) is 39.9 Å². The van der Waals surface area contributed by atoms with E-state index in [1.54, 1.807) is 146 Å². The van der Waals surface area contributed by atoms with Gasteiger partial charge < -0.3 is 59.3 Å². The Morgan fingerprint density at radius 1 is 0.208 bits per heavy atom. The van der Waals surface area contributed by atoms with E-state index < -0.39 is 80.0 Å². The van der Waals surface area contributed by atoms with Gasteiger partial charge in [-0.2, -0.15) is 0 Å². The number of nitrogens with one attached hydrogen (secondary N) is 4. The molecule has 0 spiro atoms. The molecule has 0 atom stereocenters. The average Bonchev–Trinajstić information content (AvgIpc) is 1.60. The summed E-state index contributed by atoms with van der Waals surface area (Å²) in [5.41, 5.74) is 17.1. The number of aromatic carboxylic acids is 4. The van der Waals surface area contributed by atoms with Crippen molar-refractivity contribution in [3.05, 3.63) is 333 Å². The van der Waals surface area contributed by atoms with Gasteiger partial charge in [0.25, 0.3) is 0 Å². The van der Waals surface area contributed by atoms with E-state index in [0.29, 0.717) is 227 Å². The van der Waals surface area contributed by atoms with Gasteiger partial charge in [-0.05, 0) is 170 Å². The molecule has 0 fully saturated rings. The first-order chi connectivity index (χ1) is 68.9. The Bertz CT molecular complexity index is 7170. The summed E-state index contributed by atoms with van der Waals surface area (Å²) < 4.78 is 24.2. The van der Waals surface area contributed by atoms with Crippen molar-refractivity contribution < 1.29 is 77.7 Å². The number of nitrogens with zero attached hydrogens (tertiary/aromatic N) is 4. The summed E-state index contributed by atoms with van der Waals surface area (Å²) in [7, 11) is -6.23. The minimum Gasteiger partial charge on any atom is -0.478 e. The van der Waals surface area contributed by atoms with Crippen molar-refractivity contribution in [3.8, 4) is 89.0 Å². The molecular weight excluding hydrogens is 1870 g/mol. The van der Waals surface area contributed by atoms with Crippen LogP contribution in [0.5, 0.6) is 0 Å². The van der Waals surface area contributed by atoms with E-state index in [1.165, 1.54) is 24.3 Å². The largest absolute Gasteiger partial charge is 0.478 e. The van der Waals surface area contributed by atoms with Crippen LogP contribution in [0.25, 0.3) is 182 Å². The molecule has 0 amide bonds. The molecule has 24 nitrogen and oxygen atoms in total. The first-order valence-corrected chi connectivity index (χ1v) is 62.4. The van der Waals surface area contributed by atoms with E-state index in [-0.39, 0.29) is 22.3 Å². The second-order valence-corrected chi connectivity index (χ2v) is 62.9. The van der Waals surface area contributed by atoms with Crippen LogP contribution in [0.4, 0.5) is 0 Å². The third-order valence-corrected chi connectivity index (χ3v) is 32.0. The first-order valence-electron chi connectivity index (χ1n) is 47.6. The second-order valence-electron chi connectivity index (χ2n) is 40.4. The second kappa shape index (κ2) is 41.4. The molecule has 0 aliphatic carbocycles. The van der Waals surface area contributed by atoms with Crippen molar-refractivity contribution in [2.75, 3.05) is 26.4 Å². The average molecular weight is 1980 g/mol. The Hall–Kier alpha value is -16.4. The van der Waals surface area contributed by atoms with Crippen LogP contribution in [-0.2, 0) is 18.9 Å². The van der Waals surface area contributed by atoms with Gasteiger partial charge in [0, 0.05) is 165 Å². The van der Waals surface area contributed by atoms with E-state index >= 15 is 0 Å². The molecule has 14 aromatic rings. The third kappa shape index (κ3) is 21.7. The van der Waals surface area contributed by atoms with Gasteiger partial charge in [-0.25, -0.2) is 58.3 Å². The summed E-state index contributed by atoms with van der Waals surface area (Å²) in [4.78, 5) is 144. The van der Waals surface area contributed by atoms with Crippen LogP contribution in [0.3, 0.4) is 0 Å². The van der Waals surface area contributed by atoms with Crippen LogP contribution in [-0.4, -0.2) is 167 Å². The predicted molar refractivity (Wildman–Crippen MR) is 583 cm³/mol. The van der Waals surface area contributed by atoms with Crippen LogP contribution in [0.15, 0.2) is 243 Å². The topological polar surface area (TPSA) is 369 Å². The summed E-state index contributed by atoms with van der Waals surface area (Å²) in [6.45, 7) is 28.2. The lowest BCUT2D eigenvalue weighted by atomic mass is 9.98. The number of carboxylic acids is 4. The number of aromatic amines is 4. The minimum atomic E-state index is -1.56. The van der Waals surface area contributed by atoms with Crippen LogP contribution in [0.1, 0.15) is 128 Å². The number of esters is 4. The number of rotatable bonds is 28. The molecule has 0 saturated carbocycles. The quantitative estimate of drug-likeness (QED) is 0.0128. The van der Waals surface area contributed by atoms with E-state index in [1.807, 2.05) is 121 Å². The summed E-state index contributed by atoms with van der Waals surface area (Å²) in [5.74, 6) is -6.49. The highest BCUT2D eigenvalue weighted by Crippen LogP contribution is 2.46. The molecule has 16 bridgehead atoms. The number of ether oxygens (including phenoxy) is 4. The SMILES string of the molecule is C[Si](C)(C)CCOC(=O)c1ccccc1-c1c2nc(c(-c3ccccc3C(=O)OCC[Si](C)(C)C)c3ccc([nH]3)c(-c3ccccc3C(=O)OCC[Si](C)(C)C)c3nc(c(-c4ccccc4C(=O)OCC[Si](C)(C)C)c4ccc1[nH]4)C=C3)C=C2.O=C(O)c1ccccc1-c1c2nc(c(-c3ccccc3C(=O)O)c3ccc([nH]3)c(-c3ccccc3C(=O)O)c3nc(c(-c4ccccc4C(=O)O)c4ccc1[nH]4)C=C3)C=C2. The Balaban J connectivity index is 0.000000208. The normalized spacial score (nSPS) is 12.2. The number of H-pyrrole nitrogens is 4. The standard InChI is InChI=1S/C68H78N4O8Si4.C48H30N4O8/c1-81(2,3)41-37-77-65(73)49-25-17-13-21-45(49)61-53-29-31-55(69-53)62(46-22-14-18-26-50(46)66(74)78-38-42-82(4,5)6)57-33-35-59(71-57)64(48-24-16-20-28-52(48)68(76)80-40-44-84(10,11)12)60-36-34-58(72-60)63(56-32-30-54(61)70-56)47-23-15-19-27-51(47)67(75)79-39-43-83(7,8)9;53-45(54)29-13-5-1-9-25(29)41-33-17-19-35(49-33)42(26-10-2-6-14-30(26)46(55)56)37-21-23-39(51-37)44(28-12-4-8-16-32(28)48(59)60)40-24-22-38(52-40)43(36-20-18-34(41)50-36)27-11-3-7-15-31(27)47(57)58/h13-36,69,72H,37-44H2,1-12H3;1-24,49,52H,(H,53,54)(H,55,56)(H,57,58)(H,59,60). The van der Waals surface area contributed by atoms with Crippen LogP contribution in [0.2, 0.25) is 103 Å². The fourth-order valence-electron chi connectivity index (χ4n) is 17.9. The zero-order valence-corrected chi connectivity index (χ0v) is 85.8. The number of aromatic nitrogens is 8. The summed E-state index contributed by atoms with van der Waals surface area (Å²) in [6.07, 6.45) is 14.6. The van der Waals surface area contributed by atoms with Crippen molar-refractivity contribution in [2.24, 2.45) is 0 Å². The molecule has 8 aromatic carbocycles. The zero-order chi connectivity index (χ0) is 102. The minimum absolute atomic E-state index is 0.00418. The van der Waals surface area contributed by atoms with Gasteiger partial charge >= 0.3 is 47.8 Å². The molecule has 28 heteroatoms. The molecule has 4 aliphatic heterocycles. The molecule has 8 N–H and O–H groups in total. The van der Waals surface area contributed by atoms with Crippen molar-refractivity contribution in [3.63, 3.8) is 0 Å². The molecule has 10 heterocycles. The highest BCUT2D eigenvalue weighted by molar-refractivity contribution is 6.77. The van der Waals surface area contributed by atoms with Gasteiger partial charge in [-0.15, -0.1) is 0 Å². The zero-order valence-electron chi connectivity index (χ0n) is 81.8. The molecule has 144 heavy (non-hydrogen) atoms. The number of carbonyl (C=O) groups is 8. The fourth-order valence-corrected chi connectivity index (χ4v) is 20.7. The van der Waals surface area contributed by atoms with Gasteiger partial charge in [-0.1, -0.05) is 224 Å². The van der Waals surface area contributed by atoms with Gasteiger partial charge in [0.05, 0.1) is 116 Å². The number of fused-ring (bicyclic) bond motifs is 16. The predicted octanol–water partition coefficient (Wildman–Crippen LogP) is 27.4. The lowest BCUT2D eigenvalue weighted by Crippen LogP contribution is -2.22. The van der Waals surface area contributed by atoms with Crippen LogP contribution >= 0.6 is 0 Å². The maximum atomic E-state index is 14.4. The highest BCUT2D eigenvalue weighted by Gasteiger charge is 2.32. The Kier molecular flexibility index (Phi) is 28.5. The van der Waals surface area contributed by atoms with E-state index in [4.69, 9.17) is 38.9 Å². The first kappa shape index (κ1) is 99.2. The number of carbonyl (C=O) groups excluding carboxylic acids is 4. The maximum absolute atomic E-state index is 14.4. The summed E-state index contributed by atoms with van der Waals surface area (Å²) in [5, 5.41) is 41.5. The van der Waals surface area contributed by atoms with Crippen molar-refractivity contribution in [1.29, 1.82) is 0 Å². The van der Waals surface area contributed by atoms with Gasteiger partial charge in [0.1, 0.15) is 0 Å². The third-order valence-electron chi connectivity index (χ3n) is 25.2. The monoisotopic (exact) mass is 1980 g/mol. The van der Waals surface area contributed by atoms with Crippen LogP contribution in [0, 0.1) is 0 Å². The van der Waals surface area contributed by atoms with E-state index in [0.717, 1.165) is 24.2 Å². The fraction of sp³-hybridized carbons (Fsp3) is 0.172. The molecule has 0 radical (unpaired) electrons. The smallest absolute Gasteiger partial charge is 0.338 e. The molecule has 724 valence electrons. The molecular formula is C116H108N8O16Si4. The van der Waals surface area contributed by atoms with E-state index in [9.17, 15) is 58.8 Å². The summed E-state index contributed by atoms with van der Waals surface area (Å²) in [6, 6.07) is 73.8.